The van der Waals surface area contributed by atoms with Gasteiger partial charge in [0.25, 0.3) is 5.95 Å². The molecule has 0 fully saturated rings. The maximum atomic E-state index is 6.10. The first kappa shape index (κ1) is 20.6. The summed E-state index contributed by atoms with van der Waals surface area (Å²) in [5.41, 5.74) is 3.72. The highest BCUT2D eigenvalue weighted by molar-refractivity contribution is 5.82. The van der Waals surface area contributed by atoms with Crippen LogP contribution in [0, 0.1) is 0 Å². The molecule has 0 saturated carbocycles. The van der Waals surface area contributed by atoms with Crippen LogP contribution in [-0.2, 0) is 24.7 Å². The second-order valence-corrected chi connectivity index (χ2v) is 7.29. The second kappa shape index (κ2) is 9.86. The number of hydrogen-bond acceptors (Lipinski definition) is 5. The van der Waals surface area contributed by atoms with Gasteiger partial charge in [0.05, 0.1) is 18.5 Å². The lowest BCUT2D eigenvalue weighted by molar-refractivity contribution is 0.0664. The zero-order chi connectivity index (χ0) is 21.5. The highest BCUT2D eigenvalue weighted by atomic mass is 16.5. The molecule has 2 aromatic carbocycles. The van der Waals surface area contributed by atoms with Crippen molar-refractivity contribution in [1.82, 2.24) is 19.4 Å². The zero-order valence-electron chi connectivity index (χ0n) is 17.7. The van der Waals surface area contributed by atoms with Crippen molar-refractivity contribution >= 4 is 23.3 Å². The first-order valence-electron chi connectivity index (χ1n) is 10.0. The number of rotatable bonds is 9. The van der Waals surface area contributed by atoms with Crippen LogP contribution < -0.4 is 4.74 Å². The summed E-state index contributed by atoms with van der Waals surface area (Å²) in [5.74, 6) is 0.834. The summed E-state index contributed by atoms with van der Waals surface area (Å²) in [6.07, 6.45) is 3.60. The van der Waals surface area contributed by atoms with Gasteiger partial charge in [-0.2, -0.15) is 4.98 Å². The van der Waals surface area contributed by atoms with E-state index in [1.54, 1.807) is 6.34 Å². The standard InChI is InChI=1S/C24H25N5O2/c1-28(2)17-25-24-26-21-13-14-29(18-30-15-19-9-5-3-6-10-19)22(21)23(27-24)31-16-20-11-7-4-8-12-20/h3-14,17H,15-16,18H2,1-2H3/b25-17+. The lowest BCUT2D eigenvalue weighted by Crippen LogP contribution is -2.08. The number of aromatic nitrogens is 3. The maximum Gasteiger partial charge on any atom is 0.254 e. The Labute approximate surface area is 181 Å². The molecule has 0 N–H and O–H groups in total. The third-order valence-corrected chi connectivity index (χ3v) is 4.53. The van der Waals surface area contributed by atoms with Gasteiger partial charge in [0, 0.05) is 20.3 Å². The molecule has 7 heteroatoms. The van der Waals surface area contributed by atoms with Gasteiger partial charge < -0.3 is 18.9 Å². The molecular weight excluding hydrogens is 390 g/mol. The molecule has 31 heavy (non-hydrogen) atoms. The first-order chi connectivity index (χ1) is 15.2. The topological polar surface area (TPSA) is 64.8 Å². The molecule has 7 nitrogen and oxygen atoms in total. The number of fused-ring (bicyclic) bond motifs is 1. The van der Waals surface area contributed by atoms with Gasteiger partial charge in [-0.3, -0.25) is 0 Å². The number of hydrogen-bond donors (Lipinski definition) is 0. The molecule has 2 aromatic heterocycles. The molecule has 4 aromatic rings. The Kier molecular flexibility index (Phi) is 6.54. The van der Waals surface area contributed by atoms with E-state index in [1.807, 2.05) is 96.5 Å². The van der Waals surface area contributed by atoms with Crippen LogP contribution in [0.4, 0.5) is 5.95 Å². The summed E-state index contributed by atoms with van der Waals surface area (Å²) in [6, 6.07) is 22.0. The van der Waals surface area contributed by atoms with Crippen molar-refractivity contribution in [3.63, 3.8) is 0 Å². The van der Waals surface area contributed by atoms with E-state index in [-0.39, 0.29) is 0 Å². The molecule has 0 aliphatic heterocycles. The van der Waals surface area contributed by atoms with E-state index in [0.29, 0.717) is 31.8 Å². The summed E-state index contributed by atoms with van der Waals surface area (Å²) >= 11 is 0. The van der Waals surface area contributed by atoms with Gasteiger partial charge in [-0.1, -0.05) is 60.7 Å². The van der Waals surface area contributed by atoms with Crippen molar-refractivity contribution in [1.29, 1.82) is 0 Å². The SMILES string of the molecule is CN(C)/C=N/c1nc(OCc2ccccc2)c2c(ccn2COCc2ccccc2)n1. The van der Waals surface area contributed by atoms with Crippen LogP contribution in [0.3, 0.4) is 0 Å². The van der Waals surface area contributed by atoms with E-state index >= 15 is 0 Å². The number of benzene rings is 2. The van der Waals surface area contributed by atoms with Gasteiger partial charge in [-0.15, -0.1) is 0 Å². The van der Waals surface area contributed by atoms with E-state index in [1.165, 1.54) is 0 Å². The lowest BCUT2D eigenvalue weighted by Gasteiger charge is -2.12. The van der Waals surface area contributed by atoms with Crippen molar-refractivity contribution in [2.75, 3.05) is 14.1 Å². The molecule has 0 atom stereocenters. The molecule has 0 radical (unpaired) electrons. The Bertz CT molecular complexity index is 1140. The van der Waals surface area contributed by atoms with Crippen molar-refractivity contribution in [3.8, 4) is 5.88 Å². The summed E-state index contributed by atoms with van der Waals surface area (Å²) in [5, 5.41) is 0. The minimum Gasteiger partial charge on any atom is -0.471 e. The van der Waals surface area contributed by atoms with Crippen LogP contribution in [0.1, 0.15) is 11.1 Å². The molecule has 158 valence electrons. The van der Waals surface area contributed by atoms with E-state index in [4.69, 9.17) is 9.47 Å². The Morgan fingerprint density at radius 3 is 2.26 bits per heavy atom. The van der Waals surface area contributed by atoms with Gasteiger partial charge in [0.15, 0.2) is 0 Å². The predicted molar refractivity (Wildman–Crippen MR) is 121 cm³/mol. The Hall–Kier alpha value is -3.71. The van der Waals surface area contributed by atoms with Crippen LogP contribution in [0.5, 0.6) is 5.88 Å². The van der Waals surface area contributed by atoms with Crippen LogP contribution in [0.25, 0.3) is 11.0 Å². The van der Waals surface area contributed by atoms with Crippen molar-refractivity contribution < 1.29 is 9.47 Å². The van der Waals surface area contributed by atoms with Gasteiger partial charge in [0.2, 0.25) is 5.88 Å². The van der Waals surface area contributed by atoms with Gasteiger partial charge in [0.1, 0.15) is 18.9 Å². The van der Waals surface area contributed by atoms with E-state index in [0.717, 1.165) is 22.2 Å². The summed E-state index contributed by atoms with van der Waals surface area (Å²) in [6.45, 7) is 1.29. The quantitative estimate of drug-likeness (QED) is 0.299. The van der Waals surface area contributed by atoms with Crippen LogP contribution in [0.2, 0.25) is 0 Å². The minimum atomic E-state index is 0.354. The predicted octanol–water partition coefficient (Wildman–Crippen LogP) is 4.41. The van der Waals surface area contributed by atoms with Gasteiger partial charge >= 0.3 is 0 Å². The third-order valence-electron chi connectivity index (χ3n) is 4.53. The average Bonchev–Trinajstić information content (AvgIpc) is 3.20. The second-order valence-electron chi connectivity index (χ2n) is 7.29. The highest BCUT2D eigenvalue weighted by Crippen LogP contribution is 2.27. The third kappa shape index (κ3) is 5.46. The number of ether oxygens (including phenoxy) is 2. The molecule has 0 saturated heterocycles. The Morgan fingerprint density at radius 2 is 1.58 bits per heavy atom. The molecule has 0 aliphatic rings. The molecule has 2 heterocycles. The largest absolute Gasteiger partial charge is 0.471 e. The van der Waals surface area contributed by atoms with E-state index < -0.39 is 0 Å². The molecule has 0 aliphatic carbocycles. The van der Waals surface area contributed by atoms with Crippen molar-refractivity contribution in [3.05, 3.63) is 84.1 Å². The van der Waals surface area contributed by atoms with Crippen LogP contribution in [0.15, 0.2) is 77.9 Å². The molecule has 0 amide bonds. The molecule has 0 spiro atoms. The minimum absolute atomic E-state index is 0.354. The fraction of sp³-hybridized carbons (Fsp3) is 0.208. The molecule has 4 rings (SSSR count). The highest BCUT2D eigenvalue weighted by Gasteiger charge is 2.14. The molecule has 0 bridgehead atoms. The summed E-state index contributed by atoms with van der Waals surface area (Å²) in [7, 11) is 3.80. The molecule has 0 unspecified atom stereocenters. The van der Waals surface area contributed by atoms with Gasteiger partial charge in [-0.05, 0) is 17.2 Å². The first-order valence-corrected chi connectivity index (χ1v) is 10.0. The van der Waals surface area contributed by atoms with E-state index in [2.05, 4.69) is 15.0 Å². The van der Waals surface area contributed by atoms with Crippen LogP contribution >= 0.6 is 0 Å². The lowest BCUT2D eigenvalue weighted by atomic mass is 10.2. The summed E-state index contributed by atoms with van der Waals surface area (Å²) in [4.78, 5) is 15.3. The maximum absolute atomic E-state index is 6.10. The fourth-order valence-corrected chi connectivity index (χ4v) is 3.06. The number of aliphatic imine (C=N–C) groups is 1. The van der Waals surface area contributed by atoms with Crippen LogP contribution in [-0.4, -0.2) is 39.9 Å². The monoisotopic (exact) mass is 415 g/mol. The normalized spacial score (nSPS) is 11.3. The Balaban J connectivity index is 1.59. The van der Waals surface area contributed by atoms with Crippen molar-refractivity contribution in [2.45, 2.75) is 19.9 Å². The fourth-order valence-electron chi connectivity index (χ4n) is 3.06. The smallest absolute Gasteiger partial charge is 0.254 e. The van der Waals surface area contributed by atoms with E-state index in [9.17, 15) is 0 Å². The molecular formula is C24H25N5O2. The van der Waals surface area contributed by atoms with Gasteiger partial charge in [-0.25, -0.2) is 9.98 Å². The average molecular weight is 415 g/mol. The zero-order valence-corrected chi connectivity index (χ0v) is 17.7. The number of nitrogens with zero attached hydrogens (tertiary/aromatic N) is 5. The Morgan fingerprint density at radius 1 is 0.903 bits per heavy atom. The van der Waals surface area contributed by atoms with Crippen molar-refractivity contribution in [2.24, 2.45) is 4.99 Å². The summed E-state index contributed by atoms with van der Waals surface area (Å²) < 4.78 is 14.0.